The van der Waals surface area contributed by atoms with E-state index in [1.165, 1.54) is 6.21 Å². The topological polar surface area (TPSA) is 67.5 Å². The number of nitrogens with one attached hydrogen (secondary N) is 1. The van der Waals surface area contributed by atoms with Crippen LogP contribution in [0.15, 0.2) is 17.3 Å². The van der Waals surface area contributed by atoms with E-state index in [9.17, 15) is 4.79 Å². The maximum Gasteiger partial charge on any atom is 0.332 e. The molecule has 0 saturated heterocycles. The summed E-state index contributed by atoms with van der Waals surface area (Å²) < 4.78 is 0. The van der Waals surface area contributed by atoms with Crippen LogP contribution in [-0.4, -0.2) is 12.2 Å². The zero-order valence-electron chi connectivity index (χ0n) is 5.22. The minimum absolute atomic E-state index is 0.674. The number of amides is 2. The van der Waals surface area contributed by atoms with E-state index in [1.54, 1.807) is 6.92 Å². The molecule has 0 unspecified atom stereocenters. The fourth-order valence-electron chi connectivity index (χ4n) is 0.206. The molecule has 3 N–H and O–H groups in total. The molecule has 0 aromatic carbocycles. The maximum atomic E-state index is 9.95. The number of carbonyl (C=O) groups is 1. The van der Waals surface area contributed by atoms with Gasteiger partial charge in [-0.05, 0) is 12.5 Å². The summed E-state index contributed by atoms with van der Waals surface area (Å²) in [5, 5.41) is 3.42. The van der Waals surface area contributed by atoms with Crippen molar-refractivity contribution in [3.05, 3.63) is 12.2 Å². The lowest BCUT2D eigenvalue weighted by atomic mass is 10.4. The van der Waals surface area contributed by atoms with Crippen LogP contribution in [0.3, 0.4) is 0 Å². The molecule has 0 radical (unpaired) electrons. The summed E-state index contributed by atoms with van der Waals surface area (Å²) in [7, 11) is 0. The molecule has 9 heavy (non-hydrogen) atoms. The highest BCUT2D eigenvalue weighted by Gasteiger charge is 1.81. The number of nitrogens with two attached hydrogens (primary N) is 1. The van der Waals surface area contributed by atoms with Crippen molar-refractivity contribution in [3.63, 3.8) is 0 Å². The van der Waals surface area contributed by atoms with Crippen LogP contribution in [0, 0.1) is 0 Å². The van der Waals surface area contributed by atoms with Gasteiger partial charge in [-0.25, -0.2) is 10.2 Å². The van der Waals surface area contributed by atoms with Gasteiger partial charge in [0.25, 0.3) is 0 Å². The molecule has 0 aliphatic rings. The Morgan fingerprint density at radius 2 is 2.44 bits per heavy atom. The normalized spacial score (nSPS) is 9.44. The van der Waals surface area contributed by atoms with Gasteiger partial charge in [-0.2, -0.15) is 5.10 Å². The lowest BCUT2D eigenvalue weighted by Crippen LogP contribution is -2.24. The molecule has 0 aromatic heterocycles. The first-order chi connectivity index (χ1) is 4.13. The second-order valence-electron chi connectivity index (χ2n) is 1.58. The fraction of sp³-hybridized carbons (Fsp3) is 0.200. The number of carbonyl (C=O) groups excluding carboxylic acids is 1. The quantitative estimate of drug-likeness (QED) is 0.404. The number of rotatable bonds is 2. The average molecular weight is 127 g/mol. The van der Waals surface area contributed by atoms with Crippen LogP contribution in [0.4, 0.5) is 4.79 Å². The number of hydrogen-bond acceptors (Lipinski definition) is 2. The standard InChI is InChI=1S/C5H9N3O/c1-4(2)3-7-8-5(6)9/h3H,1H2,2H3,(H3,6,8,9)/b7-3+. The predicted octanol–water partition coefficient (Wildman–Crippen LogP) is 0.217. The summed E-state index contributed by atoms with van der Waals surface area (Å²) >= 11 is 0. The van der Waals surface area contributed by atoms with Gasteiger partial charge in [-0.3, -0.25) is 0 Å². The van der Waals surface area contributed by atoms with Gasteiger partial charge >= 0.3 is 6.03 Å². The second kappa shape index (κ2) is 3.65. The van der Waals surface area contributed by atoms with E-state index in [4.69, 9.17) is 0 Å². The van der Waals surface area contributed by atoms with Crippen LogP contribution in [0.5, 0.6) is 0 Å². The van der Waals surface area contributed by atoms with Crippen molar-refractivity contribution in [2.75, 3.05) is 0 Å². The molecule has 0 saturated carbocycles. The van der Waals surface area contributed by atoms with Crippen LogP contribution in [-0.2, 0) is 0 Å². The van der Waals surface area contributed by atoms with Gasteiger partial charge in [0.1, 0.15) is 0 Å². The number of primary amides is 1. The zero-order valence-corrected chi connectivity index (χ0v) is 5.22. The minimum Gasteiger partial charge on any atom is -0.350 e. The highest BCUT2D eigenvalue weighted by atomic mass is 16.2. The molecule has 0 spiro atoms. The second-order valence-corrected chi connectivity index (χ2v) is 1.58. The zero-order chi connectivity index (χ0) is 7.28. The third-order valence-corrected chi connectivity index (χ3v) is 0.460. The Morgan fingerprint density at radius 1 is 1.89 bits per heavy atom. The first-order valence-electron chi connectivity index (χ1n) is 2.37. The molecule has 0 heterocycles. The summed E-state index contributed by atoms with van der Waals surface area (Å²) in [5.41, 5.74) is 7.46. The number of hydrazone groups is 1. The molecule has 50 valence electrons. The summed E-state index contributed by atoms with van der Waals surface area (Å²) in [6.45, 7) is 5.27. The van der Waals surface area contributed by atoms with Gasteiger partial charge in [0, 0.05) is 6.21 Å². The highest BCUT2D eigenvalue weighted by Crippen LogP contribution is 1.75. The van der Waals surface area contributed by atoms with Crippen molar-refractivity contribution in [3.8, 4) is 0 Å². The van der Waals surface area contributed by atoms with Crippen LogP contribution in [0.2, 0.25) is 0 Å². The maximum absolute atomic E-state index is 9.95. The monoisotopic (exact) mass is 127 g/mol. The van der Waals surface area contributed by atoms with Gasteiger partial charge in [-0.1, -0.05) is 6.58 Å². The number of urea groups is 1. The van der Waals surface area contributed by atoms with E-state index < -0.39 is 6.03 Å². The Hall–Kier alpha value is -1.32. The van der Waals surface area contributed by atoms with E-state index in [0.29, 0.717) is 0 Å². The van der Waals surface area contributed by atoms with Crippen LogP contribution < -0.4 is 11.2 Å². The smallest absolute Gasteiger partial charge is 0.332 e. The van der Waals surface area contributed by atoms with Crippen LogP contribution >= 0.6 is 0 Å². The first-order valence-corrected chi connectivity index (χ1v) is 2.37. The van der Waals surface area contributed by atoms with E-state index in [1.807, 2.05) is 5.43 Å². The summed E-state index contributed by atoms with van der Waals surface area (Å²) in [5.74, 6) is 0. The van der Waals surface area contributed by atoms with E-state index in [-0.39, 0.29) is 0 Å². The Balaban J connectivity index is 3.48. The first kappa shape index (κ1) is 7.68. The minimum atomic E-state index is -0.674. The third-order valence-electron chi connectivity index (χ3n) is 0.460. The molecule has 4 nitrogen and oxygen atoms in total. The molecule has 4 heteroatoms. The molecule has 0 atom stereocenters. The largest absolute Gasteiger partial charge is 0.350 e. The number of hydrogen-bond donors (Lipinski definition) is 2. The lowest BCUT2D eigenvalue weighted by molar-refractivity contribution is 0.249. The average Bonchev–Trinajstić information content (AvgIpc) is 1.63. The molecule has 2 amide bonds. The van der Waals surface area contributed by atoms with Crippen molar-refractivity contribution in [1.29, 1.82) is 0 Å². The van der Waals surface area contributed by atoms with Crippen molar-refractivity contribution in [2.24, 2.45) is 10.8 Å². The van der Waals surface area contributed by atoms with Crippen molar-refractivity contribution >= 4 is 12.2 Å². The lowest BCUT2D eigenvalue weighted by Gasteiger charge is -1.88. The third kappa shape index (κ3) is 6.68. The Bertz CT molecular complexity index is 150. The molecular formula is C5H9N3O. The number of allylic oxidation sites excluding steroid dienone is 1. The fourth-order valence-corrected chi connectivity index (χ4v) is 0.206. The van der Waals surface area contributed by atoms with Gasteiger partial charge in [-0.15, -0.1) is 0 Å². The summed E-state index contributed by atoms with van der Waals surface area (Å²) in [6.07, 6.45) is 1.41. The number of nitrogens with zero attached hydrogens (tertiary/aromatic N) is 1. The van der Waals surface area contributed by atoms with Crippen molar-refractivity contribution in [1.82, 2.24) is 5.43 Å². The molecule has 0 aromatic rings. The van der Waals surface area contributed by atoms with Crippen LogP contribution in [0.1, 0.15) is 6.92 Å². The molecule has 0 bridgehead atoms. The van der Waals surface area contributed by atoms with Gasteiger partial charge < -0.3 is 5.73 Å². The van der Waals surface area contributed by atoms with Crippen LogP contribution in [0.25, 0.3) is 0 Å². The van der Waals surface area contributed by atoms with Crippen molar-refractivity contribution in [2.45, 2.75) is 6.92 Å². The molecular weight excluding hydrogens is 118 g/mol. The van der Waals surface area contributed by atoms with E-state index in [2.05, 4.69) is 17.4 Å². The van der Waals surface area contributed by atoms with Gasteiger partial charge in [0.2, 0.25) is 0 Å². The molecule has 0 aliphatic heterocycles. The summed E-state index contributed by atoms with van der Waals surface area (Å²) in [6, 6.07) is -0.674. The van der Waals surface area contributed by atoms with Gasteiger partial charge in [0.05, 0.1) is 0 Å². The molecule has 0 rings (SSSR count). The van der Waals surface area contributed by atoms with Crippen molar-refractivity contribution < 1.29 is 4.79 Å². The molecule has 0 fully saturated rings. The SMILES string of the molecule is C=C(C)/C=N/NC(N)=O. The Morgan fingerprint density at radius 3 is 2.78 bits per heavy atom. The highest BCUT2D eigenvalue weighted by molar-refractivity contribution is 5.79. The van der Waals surface area contributed by atoms with E-state index >= 15 is 0 Å². The summed E-state index contributed by atoms with van der Waals surface area (Å²) in [4.78, 5) is 9.95. The predicted molar refractivity (Wildman–Crippen MR) is 36.0 cm³/mol. The molecule has 0 aliphatic carbocycles. The Labute approximate surface area is 53.4 Å². The Kier molecular flexibility index (Phi) is 3.12. The van der Waals surface area contributed by atoms with Gasteiger partial charge in [0.15, 0.2) is 0 Å². The van der Waals surface area contributed by atoms with E-state index in [0.717, 1.165) is 5.57 Å².